The molecule has 3 aliphatic rings. The third-order valence-corrected chi connectivity index (χ3v) is 8.12. The highest BCUT2D eigenvalue weighted by molar-refractivity contribution is 6.13. The van der Waals surface area contributed by atoms with Crippen LogP contribution in [0.3, 0.4) is 0 Å². The largest absolute Gasteiger partial charge is 0.408 e. The summed E-state index contributed by atoms with van der Waals surface area (Å²) in [4.78, 5) is 46.8. The number of halogens is 3. The number of hydrogen-bond donors (Lipinski definition) is 2. The van der Waals surface area contributed by atoms with Crippen molar-refractivity contribution in [3.8, 4) is 0 Å². The number of amides is 4. The number of pyridine rings is 1. The van der Waals surface area contributed by atoms with E-state index in [4.69, 9.17) is 5.73 Å². The van der Waals surface area contributed by atoms with Gasteiger partial charge in [-0.15, -0.1) is 0 Å². The fourth-order valence-electron chi connectivity index (χ4n) is 6.19. The number of alkyl halides is 3. The maximum absolute atomic E-state index is 14.1. The Bertz CT molecular complexity index is 1250. The third-order valence-electron chi connectivity index (χ3n) is 8.12. The summed E-state index contributed by atoms with van der Waals surface area (Å²) in [7, 11) is 0. The summed E-state index contributed by atoms with van der Waals surface area (Å²) in [6.07, 6.45) is 1.24. The van der Waals surface area contributed by atoms with Gasteiger partial charge < -0.3 is 16.0 Å². The number of carbonyl (C=O) groups excluding carboxylic acids is 3. The minimum atomic E-state index is -4.68. The predicted octanol–water partition coefficient (Wildman–Crippen LogP) is 4.23. The zero-order valence-electron chi connectivity index (χ0n) is 21.5. The molecular formula is C28H32F3N5O3. The molecule has 1 aliphatic carbocycles. The molecule has 1 aromatic carbocycles. The number of benzene rings is 1. The van der Waals surface area contributed by atoms with Crippen LogP contribution in [0.1, 0.15) is 49.7 Å². The first-order valence-corrected chi connectivity index (χ1v) is 13.4. The second-order valence-electron chi connectivity index (χ2n) is 10.6. The Morgan fingerprint density at radius 2 is 1.85 bits per heavy atom. The second-order valence-corrected chi connectivity index (χ2v) is 10.6. The van der Waals surface area contributed by atoms with Crippen LogP contribution in [-0.2, 0) is 22.4 Å². The quantitative estimate of drug-likeness (QED) is 0.549. The van der Waals surface area contributed by atoms with E-state index in [0.29, 0.717) is 54.8 Å². The minimum Gasteiger partial charge on any atom is -0.384 e. The van der Waals surface area contributed by atoms with Gasteiger partial charge in [-0.3, -0.25) is 14.5 Å². The van der Waals surface area contributed by atoms with Gasteiger partial charge in [0.2, 0.25) is 5.91 Å². The maximum Gasteiger partial charge on any atom is 0.408 e. The first kappa shape index (κ1) is 27.0. The van der Waals surface area contributed by atoms with Gasteiger partial charge in [-0.25, -0.2) is 9.78 Å². The molecule has 3 N–H and O–H groups in total. The molecule has 2 fully saturated rings. The number of anilines is 2. The zero-order chi connectivity index (χ0) is 27.7. The third kappa shape index (κ3) is 5.44. The van der Waals surface area contributed by atoms with Crippen molar-refractivity contribution in [2.24, 2.45) is 11.8 Å². The number of fused-ring (bicyclic) bond motifs is 1. The number of β-lactam (4-membered cyclic amide) rings is 1. The summed E-state index contributed by atoms with van der Waals surface area (Å²) in [6, 6.07) is 6.14. The number of hydrogen-bond acceptors (Lipinski definition) is 5. The lowest BCUT2D eigenvalue weighted by molar-refractivity contribution is -0.170. The summed E-state index contributed by atoms with van der Waals surface area (Å²) in [5.41, 5.74) is 8.08. The Balaban J connectivity index is 1.43. The lowest BCUT2D eigenvalue weighted by Crippen LogP contribution is -2.72. The molecule has 11 heteroatoms. The van der Waals surface area contributed by atoms with Gasteiger partial charge in [-0.2, -0.15) is 13.2 Å². The maximum atomic E-state index is 14.1. The normalized spacial score (nSPS) is 22.6. The number of aryl methyl sites for hydroxylation is 1. The van der Waals surface area contributed by atoms with E-state index in [1.165, 1.54) is 6.20 Å². The van der Waals surface area contributed by atoms with Crippen molar-refractivity contribution in [2.75, 3.05) is 17.2 Å². The van der Waals surface area contributed by atoms with Gasteiger partial charge in [0.15, 0.2) is 0 Å². The smallest absolute Gasteiger partial charge is 0.384 e. The molecule has 2 aromatic rings. The van der Waals surface area contributed by atoms with Gasteiger partial charge in [0, 0.05) is 18.4 Å². The summed E-state index contributed by atoms with van der Waals surface area (Å²) in [5.74, 6) is -2.61. The number of likely N-dealkylation sites (tertiary alicyclic amines) is 1. The van der Waals surface area contributed by atoms with Crippen LogP contribution in [0.25, 0.3) is 0 Å². The zero-order valence-corrected chi connectivity index (χ0v) is 21.5. The van der Waals surface area contributed by atoms with Crippen molar-refractivity contribution < 1.29 is 27.6 Å². The average Bonchev–Trinajstić information content (AvgIpc) is 2.92. The Labute approximate surface area is 224 Å². The van der Waals surface area contributed by atoms with Crippen molar-refractivity contribution in [3.05, 3.63) is 53.7 Å². The number of nitrogens with zero attached hydrogens (tertiary/aromatic N) is 3. The monoisotopic (exact) mass is 543 g/mol. The van der Waals surface area contributed by atoms with E-state index in [1.807, 2.05) is 12.1 Å². The van der Waals surface area contributed by atoms with Crippen LogP contribution in [0.5, 0.6) is 0 Å². The van der Waals surface area contributed by atoms with Crippen LogP contribution in [0.15, 0.2) is 42.6 Å². The number of nitrogen functional groups attached to an aromatic ring is 1. The number of imide groups is 1. The molecule has 0 spiro atoms. The summed E-state index contributed by atoms with van der Waals surface area (Å²) in [5, 5.41) is 2.10. The number of nitrogens with two attached hydrogens (primary N) is 1. The van der Waals surface area contributed by atoms with E-state index in [2.05, 4.69) is 10.3 Å². The lowest BCUT2D eigenvalue weighted by atomic mass is 9.81. The first-order valence-electron chi connectivity index (χ1n) is 13.4. The molecular weight excluding hydrogens is 511 g/mol. The molecule has 1 aromatic heterocycles. The van der Waals surface area contributed by atoms with E-state index in [-0.39, 0.29) is 12.2 Å². The molecule has 1 saturated carbocycles. The van der Waals surface area contributed by atoms with E-state index < -0.39 is 47.9 Å². The summed E-state index contributed by atoms with van der Waals surface area (Å²) >= 11 is 0. The molecule has 5 rings (SSSR count). The van der Waals surface area contributed by atoms with Crippen LogP contribution >= 0.6 is 0 Å². The molecule has 0 bridgehead atoms. The number of para-hydroxylation sites is 1. The average molecular weight is 544 g/mol. The fourth-order valence-corrected chi connectivity index (χ4v) is 6.19. The van der Waals surface area contributed by atoms with E-state index in [1.54, 1.807) is 29.2 Å². The van der Waals surface area contributed by atoms with Crippen molar-refractivity contribution >= 4 is 29.4 Å². The molecule has 3 heterocycles. The van der Waals surface area contributed by atoms with Gasteiger partial charge in [-0.05, 0) is 67.3 Å². The highest BCUT2D eigenvalue weighted by Gasteiger charge is 2.57. The van der Waals surface area contributed by atoms with Crippen LogP contribution in [0.2, 0.25) is 0 Å². The summed E-state index contributed by atoms with van der Waals surface area (Å²) in [6.45, 7) is 0.387. The molecule has 3 atom stereocenters. The lowest BCUT2D eigenvalue weighted by Gasteiger charge is -2.47. The number of urea groups is 1. The van der Waals surface area contributed by atoms with E-state index in [9.17, 15) is 27.6 Å². The van der Waals surface area contributed by atoms with Gasteiger partial charge in [0.05, 0.1) is 5.92 Å². The predicted molar refractivity (Wildman–Crippen MR) is 139 cm³/mol. The molecule has 0 unspecified atom stereocenters. The van der Waals surface area contributed by atoms with Crippen LogP contribution in [-0.4, -0.2) is 52.5 Å². The highest BCUT2D eigenvalue weighted by Crippen LogP contribution is 2.38. The fraction of sp³-hybridized carbons (Fsp3) is 0.500. The van der Waals surface area contributed by atoms with Crippen molar-refractivity contribution in [1.29, 1.82) is 0 Å². The summed E-state index contributed by atoms with van der Waals surface area (Å²) < 4.78 is 42.2. The van der Waals surface area contributed by atoms with Crippen LogP contribution in [0.4, 0.5) is 29.5 Å². The molecule has 4 amide bonds. The minimum absolute atomic E-state index is 0.104. The molecule has 39 heavy (non-hydrogen) atoms. The topological polar surface area (TPSA) is 109 Å². The SMILES string of the molecule is Nc1cc(C[C@H]2C(=O)N(C(=O)N[C@@H](C3CCCCC3)C(F)(F)F)[C@@H]2C(=O)N2CCCc3ccccc32)ccn1. The van der Waals surface area contributed by atoms with Gasteiger partial charge >= 0.3 is 12.2 Å². The van der Waals surface area contributed by atoms with Crippen molar-refractivity contribution in [1.82, 2.24) is 15.2 Å². The Morgan fingerprint density at radius 1 is 1.10 bits per heavy atom. The highest BCUT2D eigenvalue weighted by atomic mass is 19.4. The molecule has 2 aliphatic heterocycles. The Kier molecular flexibility index (Phi) is 7.51. The van der Waals surface area contributed by atoms with Gasteiger partial charge in [-0.1, -0.05) is 37.5 Å². The number of aromatic nitrogens is 1. The molecule has 1 saturated heterocycles. The first-order chi connectivity index (χ1) is 18.6. The number of nitrogens with one attached hydrogen (secondary N) is 1. The second kappa shape index (κ2) is 10.9. The standard InChI is InChI=1S/C28H32F3N5O3/c29-28(30,31)24(19-8-2-1-3-9-19)34-27(39)36-23(20(25(36)37)15-17-12-13-33-22(32)16-17)26(38)35-14-6-10-18-7-4-5-11-21(18)35/h4-5,7,11-13,16,19-20,23-24H,1-3,6,8-10,14-15H2,(H2,32,33)(H,34,39)/t20-,23+,24+/m1/s1. The van der Waals surface area contributed by atoms with Crippen molar-refractivity contribution in [2.45, 2.75) is 69.6 Å². The number of rotatable bonds is 5. The number of carbonyl (C=O) groups is 3. The molecule has 8 nitrogen and oxygen atoms in total. The van der Waals surface area contributed by atoms with Crippen LogP contribution < -0.4 is 16.0 Å². The van der Waals surface area contributed by atoms with Gasteiger partial charge in [0.1, 0.15) is 17.9 Å². The molecule has 0 radical (unpaired) electrons. The van der Waals surface area contributed by atoms with E-state index >= 15 is 0 Å². The Morgan fingerprint density at radius 3 is 2.56 bits per heavy atom. The van der Waals surface area contributed by atoms with Crippen molar-refractivity contribution in [3.63, 3.8) is 0 Å². The van der Waals surface area contributed by atoms with Gasteiger partial charge in [0.25, 0.3) is 5.91 Å². The van der Waals surface area contributed by atoms with Crippen LogP contribution in [0, 0.1) is 11.8 Å². The molecule has 208 valence electrons. The van der Waals surface area contributed by atoms with E-state index in [0.717, 1.165) is 18.4 Å². The Hall–Kier alpha value is -3.63.